The maximum absolute atomic E-state index is 13.6. The molecule has 0 aliphatic rings. The van der Waals surface area contributed by atoms with Gasteiger partial charge < -0.3 is 9.64 Å². The van der Waals surface area contributed by atoms with Crippen molar-refractivity contribution < 1.29 is 9.53 Å². The molecule has 30 heavy (non-hydrogen) atoms. The van der Waals surface area contributed by atoms with Crippen LogP contribution in [0, 0.1) is 0 Å². The molecule has 5 nitrogen and oxygen atoms in total. The SMILES string of the molecule is COc1cccc(-c2nnsc2C(=O)N(Cc2ccccc2)Cc2ccccc2)c1. The van der Waals surface area contributed by atoms with Gasteiger partial charge in [-0.3, -0.25) is 4.79 Å². The highest BCUT2D eigenvalue weighted by Crippen LogP contribution is 2.28. The Morgan fingerprint density at radius 2 is 1.53 bits per heavy atom. The van der Waals surface area contributed by atoms with Crippen LogP contribution in [0.4, 0.5) is 0 Å². The van der Waals surface area contributed by atoms with Gasteiger partial charge in [-0.1, -0.05) is 77.3 Å². The average molecular weight is 416 g/mol. The van der Waals surface area contributed by atoms with Gasteiger partial charge in [-0.05, 0) is 34.8 Å². The Labute approximate surface area is 179 Å². The summed E-state index contributed by atoms with van der Waals surface area (Å²) in [5.74, 6) is 0.625. The number of aromatic nitrogens is 2. The average Bonchev–Trinajstić information content (AvgIpc) is 3.29. The quantitative estimate of drug-likeness (QED) is 0.424. The molecule has 150 valence electrons. The van der Waals surface area contributed by atoms with E-state index in [9.17, 15) is 4.79 Å². The third kappa shape index (κ3) is 4.55. The number of methoxy groups -OCH3 is 1. The first-order chi connectivity index (χ1) is 14.7. The number of carbonyl (C=O) groups is 1. The molecule has 0 aliphatic carbocycles. The van der Waals surface area contributed by atoms with Crippen molar-refractivity contribution in [2.45, 2.75) is 13.1 Å². The summed E-state index contributed by atoms with van der Waals surface area (Å²) in [5, 5.41) is 4.24. The summed E-state index contributed by atoms with van der Waals surface area (Å²) < 4.78 is 9.39. The van der Waals surface area contributed by atoms with Crippen molar-refractivity contribution in [3.05, 3.63) is 101 Å². The van der Waals surface area contributed by atoms with Gasteiger partial charge in [0.1, 0.15) is 16.3 Å². The molecule has 0 N–H and O–H groups in total. The monoisotopic (exact) mass is 415 g/mol. The van der Waals surface area contributed by atoms with Crippen molar-refractivity contribution >= 4 is 17.4 Å². The van der Waals surface area contributed by atoms with E-state index in [1.807, 2.05) is 89.8 Å². The van der Waals surface area contributed by atoms with Crippen LogP contribution in [0.5, 0.6) is 5.75 Å². The van der Waals surface area contributed by atoms with Crippen LogP contribution < -0.4 is 4.74 Å². The zero-order valence-electron chi connectivity index (χ0n) is 16.6. The van der Waals surface area contributed by atoms with Gasteiger partial charge in [0.2, 0.25) is 0 Å². The lowest BCUT2D eigenvalue weighted by Gasteiger charge is -2.23. The number of nitrogens with zero attached hydrogens (tertiary/aromatic N) is 3. The van der Waals surface area contributed by atoms with E-state index in [1.165, 1.54) is 0 Å². The van der Waals surface area contributed by atoms with Crippen molar-refractivity contribution in [1.82, 2.24) is 14.5 Å². The van der Waals surface area contributed by atoms with Crippen LogP contribution in [0.25, 0.3) is 11.3 Å². The molecular formula is C24H21N3O2S. The zero-order chi connectivity index (χ0) is 20.8. The number of hydrogen-bond donors (Lipinski definition) is 0. The molecule has 0 aliphatic heterocycles. The van der Waals surface area contributed by atoms with Gasteiger partial charge in [-0.2, -0.15) is 0 Å². The molecule has 0 fully saturated rings. The summed E-state index contributed by atoms with van der Waals surface area (Å²) in [7, 11) is 1.62. The molecule has 0 saturated heterocycles. The van der Waals surface area contributed by atoms with E-state index < -0.39 is 0 Å². The van der Waals surface area contributed by atoms with Gasteiger partial charge in [0.25, 0.3) is 5.91 Å². The Kier molecular flexibility index (Phi) is 6.15. The lowest BCUT2D eigenvalue weighted by Crippen LogP contribution is -2.30. The molecule has 4 rings (SSSR count). The molecular weight excluding hydrogens is 394 g/mol. The first-order valence-corrected chi connectivity index (χ1v) is 10.4. The van der Waals surface area contributed by atoms with Gasteiger partial charge in [-0.25, -0.2) is 0 Å². The molecule has 3 aromatic carbocycles. The Morgan fingerprint density at radius 1 is 0.900 bits per heavy atom. The highest BCUT2D eigenvalue weighted by molar-refractivity contribution is 7.08. The summed E-state index contributed by atoms with van der Waals surface area (Å²) in [6.45, 7) is 1.01. The maximum Gasteiger partial charge on any atom is 0.268 e. The number of hydrogen-bond acceptors (Lipinski definition) is 5. The van der Waals surface area contributed by atoms with Crippen LogP contribution in [0.2, 0.25) is 0 Å². The second kappa shape index (κ2) is 9.33. The van der Waals surface area contributed by atoms with Crippen LogP contribution in [0.3, 0.4) is 0 Å². The Morgan fingerprint density at radius 3 is 2.13 bits per heavy atom. The van der Waals surface area contributed by atoms with Crippen molar-refractivity contribution in [3.8, 4) is 17.0 Å². The highest BCUT2D eigenvalue weighted by Gasteiger charge is 2.24. The number of ether oxygens (including phenoxy) is 1. The molecule has 6 heteroatoms. The minimum absolute atomic E-state index is 0.0875. The molecule has 1 heterocycles. The normalized spacial score (nSPS) is 10.6. The first-order valence-electron chi connectivity index (χ1n) is 9.58. The molecule has 0 atom stereocenters. The predicted octanol–water partition coefficient (Wildman–Crippen LogP) is 5.06. The van der Waals surface area contributed by atoms with Gasteiger partial charge in [0.15, 0.2) is 0 Å². The number of amides is 1. The smallest absolute Gasteiger partial charge is 0.268 e. The third-order valence-electron chi connectivity index (χ3n) is 4.75. The zero-order valence-corrected chi connectivity index (χ0v) is 17.4. The van der Waals surface area contributed by atoms with Crippen LogP contribution in [0.15, 0.2) is 84.9 Å². The summed E-state index contributed by atoms with van der Waals surface area (Å²) >= 11 is 1.12. The molecule has 1 amide bonds. The van der Waals surface area contributed by atoms with Crippen molar-refractivity contribution in [1.29, 1.82) is 0 Å². The van der Waals surface area contributed by atoms with E-state index in [4.69, 9.17) is 4.74 Å². The summed E-state index contributed by atoms with van der Waals surface area (Å²) in [5.41, 5.74) is 3.53. The fourth-order valence-electron chi connectivity index (χ4n) is 3.24. The van der Waals surface area contributed by atoms with Crippen molar-refractivity contribution in [3.63, 3.8) is 0 Å². The van der Waals surface area contributed by atoms with E-state index in [0.29, 0.717) is 29.4 Å². The number of benzene rings is 3. The summed E-state index contributed by atoms with van der Waals surface area (Å²) in [6, 6.07) is 27.5. The van der Waals surface area contributed by atoms with Crippen molar-refractivity contribution in [2.24, 2.45) is 0 Å². The van der Waals surface area contributed by atoms with E-state index in [0.717, 1.165) is 28.2 Å². The molecule has 0 bridgehead atoms. The predicted molar refractivity (Wildman–Crippen MR) is 118 cm³/mol. The minimum atomic E-state index is -0.0875. The van der Waals surface area contributed by atoms with Gasteiger partial charge in [0.05, 0.1) is 7.11 Å². The lowest BCUT2D eigenvalue weighted by atomic mass is 10.1. The Bertz CT molecular complexity index is 1070. The minimum Gasteiger partial charge on any atom is -0.497 e. The third-order valence-corrected chi connectivity index (χ3v) is 5.46. The molecule has 1 aromatic heterocycles. The molecule has 0 spiro atoms. The Hall–Kier alpha value is -3.51. The van der Waals surface area contributed by atoms with Gasteiger partial charge >= 0.3 is 0 Å². The Balaban J connectivity index is 1.67. The second-order valence-corrected chi connectivity index (χ2v) is 7.57. The van der Waals surface area contributed by atoms with E-state index >= 15 is 0 Å². The van der Waals surface area contributed by atoms with E-state index in [1.54, 1.807) is 7.11 Å². The number of rotatable bonds is 7. The summed E-state index contributed by atoms with van der Waals surface area (Å²) in [4.78, 5) is 15.9. The largest absolute Gasteiger partial charge is 0.497 e. The topological polar surface area (TPSA) is 55.3 Å². The number of carbonyl (C=O) groups excluding carboxylic acids is 1. The van der Waals surface area contributed by atoms with Crippen LogP contribution in [-0.4, -0.2) is 27.5 Å². The van der Waals surface area contributed by atoms with Crippen LogP contribution >= 0.6 is 11.5 Å². The van der Waals surface area contributed by atoms with E-state index in [-0.39, 0.29) is 5.91 Å². The van der Waals surface area contributed by atoms with Crippen molar-refractivity contribution in [2.75, 3.05) is 7.11 Å². The maximum atomic E-state index is 13.6. The summed E-state index contributed by atoms with van der Waals surface area (Å²) in [6.07, 6.45) is 0. The molecule has 0 radical (unpaired) electrons. The fourth-order valence-corrected chi connectivity index (χ4v) is 3.90. The van der Waals surface area contributed by atoms with Crippen LogP contribution in [0.1, 0.15) is 20.8 Å². The molecule has 0 saturated carbocycles. The van der Waals surface area contributed by atoms with Gasteiger partial charge in [-0.15, -0.1) is 5.10 Å². The van der Waals surface area contributed by atoms with E-state index in [2.05, 4.69) is 9.59 Å². The second-order valence-electron chi connectivity index (χ2n) is 6.82. The standard InChI is InChI=1S/C24H21N3O2S/c1-29-21-14-8-13-20(15-21)22-23(30-26-25-22)24(28)27(16-18-9-4-2-5-10-18)17-19-11-6-3-7-12-19/h2-15H,16-17H2,1H3. The molecule has 4 aromatic rings. The molecule has 0 unspecified atom stereocenters. The fraction of sp³-hybridized carbons (Fsp3) is 0.125. The lowest BCUT2D eigenvalue weighted by molar-refractivity contribution is 0.0735. The van der Waals surface area contributed by atoms with Gasteiger partial charge in [0, 0.05) is 18.7 Å². The first kappa shape index (κ1) is 19.8. The van der Waals surface area contributed by atoms with Crippen LogP contribution in [-0.2, 0) is 13.1 Å². The highest BCUT2D eigenvalue weighted by atomic mass is 32.1.